The standard InChI is InChI=1S/C13H23N3O2/c1-4-6-17-7-8-18-13-15-10-12(9-14-5-2)11(3)16-13/h10,14H,4-9H2,1-3H3. The van der Waals surface area contributed by atoms with Crippen LogP contribution in [0.15, 0.2) is 6.20 Å². The zero-order valence-corrected chi connectivity index (χ0v) is 11.5. The quantitative estimate of drug-likeness (QED) is 0.679. The number of ether oxygens (including phenoxy) is 2. The lowest BCUT2D eigenvalue weighted by Gasteiger charge is -2.08. The van der Waals surface area contributed by atoms with Gasteiger partial charge in [0.1, 0.15) is 6.61 Å². The molecule has 1 heterocycles. The molecule has 102 valence electrons. The Morgan fingerprint density at radius 1 is 1.22 bits per heavy atom. The van der Waals surface area contributed by atoms with Crippen molar-refractivity contribution in [2.24, 2.45) is 0 Å². The first-order valence-electron chi connectivity index (χ1n) is 6.51. The summed E-state index contributed by atoms with van der Waals surface area (Å²) in [4.78, 5) is 8.50. The second kappa shape index (κ2) is 8.83. The number of aromatic nitrogens is 2. The zero-order valence-electron chi connectivity index (χ0n) is 11.5. The lowest BCUT2D eigenvalue weighted by Crippen LogP contribution is -2.14. The number of nitrogens with zero attached hydrogens (tertiary/aromatic N) is 2. The predicted molar refractivity (Wildman–Crippen MR) is 70.8 cm³/mol. The van der Waals surface area contributed by atoms with Crippen LogP contribution in [0.3, 0.4) is 0 Å². The second-order valence-corrected chi connectivity index (χ2v) is 4.00. The van der Waals surface area contributed by atoms with Gasteiger partial charge < -0.3 is 14.8 Å². The SMILES string of the molecule is CCCOCCOc1ncc(CNCC)c(C)n1. The van der Waals surface area contributed by atoms with Crippen LogP contribution in [0.5, 0.6) is 6.01 Å². The minimum atomic E-state index is 0.424. The molecule has 1 aromatic rings. The topological polar surface area (TPSA) is 56.3 Å². The molecular weight excluding hydrogens is 230 g/mol. The van der Waals surface area contributed by atoms with E-state index in [1.54, 1.807) is 0 Å². The molecular formula is C13H23N3O2. The van der Waals surface area contributed by atoms with Gasteiger partial charge in [0.2, 0.25) is 0 Å². The van der Waals surface area contributed by atoms with Crippen molar-refractivity contribution in [3.8, 4) is 6.01 Å². The van der Waals surface area contributed by atoms with Crippen molar-refractivity contribution in [3.05, 3.63) is 17.5 Å². The van der Waals surface area contributed by atoms with E-state index in [0.29, 0.717) is 19.2 Å². The van der Waals surface area contributed by atoms with Gasteiger partial charge in [0, 0.05) is 30.6 Å². The molecule has 0 saturated heterocycles. The van der Waals surface area contributed by atoms with E-state index in [1.807, 2.05) is 13.1 Å². The van der Waals surface area contributed by atoms with Gasteiger partial charge in [-0.1, -0.05) is 13.8 Å². The molecule has 0 amide bonds. The van der Waals surface area contributed by atoms with E-state index in [9.17, 15) is 0 Å². The van der Waals surface area contributed by atoms with Gasteiger partial charge in [-0.2, -0.15) is 0 Å². The highest BCUT2D eigenvalue weighted by Crippen LogP contribution is 2.08. The first-order valence-corrected chi connectivity index (χ1v) is 6.51. The van der Waals surface area contributed by atoms with Crippen molar-refractivity contribution in [2.45, 2.75) is 33.7 Å². The van der Waals surface area contributed by atoms with Crippen LogP contribution in [0.25, 0.3) is 0 Å². The molecule has 0 fully saturated rings. The molecule has 0 radical (unpaired) electrons. The molecule has 5 nitrogen and oxygen atoms in total. The third-order valence-electron chi connectivity index (χ3n) is 2.43. The molecule has 0 bridgehead atoms. The van der Waals surface area contributed by atoms with Crippen molar-refractivity contribution in [1.82, 2.24) is 15.3 Å². The molecule has 0 saturated carbocycles. The van der Waals surface area contributed by atoms with Gasteiger partial charge in [-0.3, -0.25) is 0 Å². The van der Waals surface area contributed by atoms with Crippen LogP contribution in [0.1, 0.15) is 31.5 Å². The maximum absolute atomic E-state index is 5.43. The van der Waals surface area contributed by atoms with E-state index in [4.69, 9.17) is 9.47 Å². The van der Waals surface area contributed by atoms with Crippen molar-refractivity contribution in [3.63, 3.8) is 0 Å². The molecule has 1 N–H and O–H groups in total. The number of aryl methyl sites for hydroxylation is 1. The Balaban J connectivity index is 2.36. The summed E-state index contributed by atoms with van der Waals surface area (Å²) in [5.74, 6) is 0. The maximum Gasteiger partial charge on any atom is 0.316 e. The summed E-state index contributed by atoms with van der Waals surface area (Å²) in [6.07, 6.45) is 2.84. The molecule has 0 aromatic carbocycles. The Morgan fingerprint density at radius 3 is 2.72 bits per heavy atom. The predicted octanol–water partition coefficient (Wildman–Crippen LogP) is 1.70. The minimum absolute atomic E-state index is 0.424. The van der Waals surface area contributed by atoms with Gasteiger partial charge in [0.05, 0.1) is 6.61 Å². The Kier molecular flexibility index (Phi) is 7.29. The molecule has 0 aliphatic carbocycles. The van der Waals surface area contributed by atoms with E-state index >= 15 is 0 Å². The summed E-state index contributed by atoms with van der Waals surface area (Å²) >= 11 is 0. The second-order valence-electron chi connectivity index (χ2n) is 4.00. The molecule has 0 aliphatic rings. The summed E-state index contributed by atoms with van der Waals surface area (Å²) in [6.45, 7) is 9.69. The molecule has 18 heavy (non-hydrogen) atoms. The molecule has 0 atom stereocenters. The molecule has 0 unspecified atom stereocenters. The highest BCUT2D eigenvalue weighted by Gasteiger charge is 2.03. The Morgan fingerprint density at radius 2 is 2.06 bits per heavy atom. The molecule has 0 aliphatic heterocycles. The van der Waals surface area contributed by atoms with Gasteiger partial charge >= 0.3 is 6.01 Å². The van der Waals surface area contributed by atoms with E-state index in [1.165, 1.54) is 0 Å². The van der Waals surface area contributed by atoms with Gasteiger partial charge in [0.25, 0.3) is 0 Å². The molecule has 5 heteroatoms. The fraction of sp³-hybridized carbons (Fsp3) is 0.692. The average molecular weight is 253 g/mol. The monoisotopic (exact) mass is 253 g/mol. The van der Waals surface area contributed by atoms with Crippen molar-refractivity contribution in [2.75, 3.05) is 26.4 Å². The van der Waals surface area contributed by atoms with Crippen molar-refractivity contribution >= 4 is 0 Å². The van der Waals surface area contributed by atoms with E-state index in [-0.39, 0.29) is 0 Å². The van der Waals surface area contributed by atoms with Crippen LogP contribution in [0.4, 0.5) is 0 Å². The van der Waals surface area contributed by atoms with Gasteiger partial charge in [-0.15, -0.1) is 0 Å². The fourth-order valence-electron chi connectivity index (χ4n) is 1.41. The first-order chi connectivity index (χ1) is 8.77. The van der Waals surface area contributed by atoms with Gasteiger partial charge in [0.15, 0.2) is 0 Å². The zero-order chi connectivity index (χ0) is 13.2. The number of nitrogens with one attached hydrogen (secondary N) is 1. The Bertz CT molecular complexity index is 345. The fourth-order valence-corrected chi connectivity index (χ4v) is 1.41. The first kappa shape index (κ1) is 14.9. The number of rotatable bonds is 9. The van der Waals surface area contributed by atoms with E-state index in [0.717, 1.165) is 37.4 Å². The van der Waals surface area contributed by atoms with Crippen LogP contribution in [0, 0.1) is 6.92 Å². The summed E-state index contributed by atoms with van der Waals surface area (Å²) in [7, 11) is 0. The molecule has 0 spiro atoms. The third kappa shape index (κ3) is 5.42. The smallest absolute Gasteiger partial charge is 0.316 e. The molecule has 1 rings (SSSR count). The summed E-state index contributed by atoms with van der Waals surface area (Å²) in [5.41, 5.74) is 2.06. The Hall–Kier alpha value is -1.20. The van der Waals surface area contributed by atoms with E-state index in [2.05, 4.69) is 29.1 Å². The highest BCUT2D eigenvalue weighted by atomic mass is 16.5. The lowest BCUT2D eigenvalue weighted by atomic mass is 10.2. The minimum Gasteiger partial charge on any atom is -0.461 e. The number of hydrogen-bond acceptors (Lipinski definition) is 5. The van der Waals surface area contributed by atoms with Crippen LogP contribution >= 0.6 is 0 Å². The highest BCUT2D eigenvalue weighted by molar-refractivity contribution is 5.17. The van der Waals surface area contributed by atoms with Gasteiger partial charge in [-0.05, 0) is 19.9 Å². The normalized spacial score (nSPS) is 10.6. The average Bonchev–Trinajstić information content (AvgIpc) is 2.37. The Labute approximate surface area is 109 Å². The largest absolute Gasteiger partial charge is 0.461 e. The van der Waals surface area contributed by atoms with Crippen LogP contribution in [-0.4, -0.2) is 36.3 Å². The van der Waals surface area contributed by atoms with Crippen molar-refractivity contribution in [1.29, 1.82) is 0 Å². The third-order valence-corrected chi connectivity index (χ3v) is 2.43. The van der Waals surface area contributed by atoms with Crippen molar-refractivity contribution < 1.29 is 9.47 Å². The maximum atomic E-state index is 5.43. The van der Waals surface area contributed by atoms with E-state index < -0.39 is 0 Å². The summed E-state index contributed by atoms with van der Waals surface area (Å²) in [6, 6.07) is 0.424. The lowest BCUT2D eigenvalue weighted by molar-refractivity contribution is 0.0971. The number of hydrogen-bond donors (Lipinski definition) is 1. The molecule has 1 aromatic heterocycles. The summed E-state index contributed by atoms with van der Waals surface area (Å²) < 4.78 is 10.7. The van der Waals surface area contributed by atoms with Crippen LogP contribution in [-0.2, 0) is 11.3 Å². The summed E-state index contributed by atoms with van der Waals surface area (Å²) in [5, 5.41) is 3.25. The van der Waals surface area contributed by atoms with Gasteiger partial charge in [-0.25, -0.2) is 9.97 Å². The van der Waals surface area contributed by atoms with Crippen LogP contribution in [0.2, 0.25) is 0 Å². The van der Waals surface area contributed by atoms with Crippen LogP contribution < -0.4 is 10.1 Å².